The lowest BCUT2D eigenvalue weighted by Gasteiger charge is -2.10. The Bertz CT molecular complexity index is 616. The minimum Gasteiger partial charge on any atom is -0.312 e. The van der Waals surface area contributed by atoms with Crippen LogP contribution in [0.5, 0.6) is 0 Å². The Morgan fingerprint density at radius 3 is 2.72 bits per heavy atom. The van der Waals surface area contributed by atoms with Crippen LogP contribution in [0.1, 0.15) is 10.4 Å². The number of aromatic amines is 1. The van der Waals surface area contributed by atoms with Crippen molar-refractivity contribution in [2.24, 2.45) is 0 Å². The van der Waals surface area contributed by atoms with E-state index in [9.17, 15) is 4.79 Å². The fourth-order valence-electron chi connectivity index (χ4n) is 1.79. The van der Waals surface area contributed by atoms with Crippen LogP contribution in [0.15, 0.2) is 23.0 Å². The average Bonchev–Trinajstić information content (AvgIpc) is 2.62. The van der Waals surface area contributed by atoms with Crippen molar-refractivity contribution in [3.05, 3.63) is 43.3 Å². The maximum absolute atomic E-state index is 11.5. The van der Waals surface area contributed by atoms with E-state index in [0.717, 1.165) is 33.3 Å². The van der Waals surface area contributed by atoms with Gasteiger partial charge in [0.1, 0.15) is 0 Å². The van der Waals surface area contributed by atoms with E-state index in [1.54, 1.807) is 0 Å². The molecule has 0 aliphatic rings. The Morgan fingerprint density at radius 2 is 2.11 bits per heavy atom. The number of hydrogen-bond acceptors (Lipinski definition) is 3. The molecule has 5 heteroatoms. The number of benzene rings is 1. The zero-order valence-electron chi connectivity index (χ0n) is 10.6. The van der Waals surface area contributed by atoms with Gasteiger partial charge in [0.05, 0.1) is 5.69 Å². The second kappa shape index (κ2) is 5.26. The highest BCUT2D eigenvalue weighted by molar-refractivity contribution is 7.09. The number of hydrogen-bond donors (Lipinski definition) is 1. The maximum atomic E-state index is 11.5. The lowest BCUT2D eigenvalue weighted by atomic mass is 10.1. The van der Waals surface area contributed by atoms with Crippen molar-refractivity contribution >= 4 is 22.9 Å². The quantitative estimate of drug-likeness (QED) is 0.939. The molecule has 0 saturated heterocycles. The molecule has 96 valence electrons. The second-order valence-corrected chi connectivity index (χ2v) is 5.99. The fourth-order valence-corrected chi connectivity index (χ4v) is 2.88. The molecule has 1 aromatic carbocycles. The first-order valence-electron chi connectivity index (χ1n) is 5.60. The first kappa shape index (κ1) is 13.3. The minimum atomic E-state index is -0.0190. The van der Waals surface area contributed by atoms with Crippen LogP contribution in [-0.2, 0) is 6.54 Å². The van der Waals surface area contributed by atoms with E-state index < -0.39 is 0 Å². The summed E-state index contributed by atoms with van der Waals surface area (Å²) in [7, 11) is 3.97. The molecule has 2 rings (SSSR count). The summed E-state index contributed by atoms with van der Waals surface area (Å²) < 4.78 is 0. The van der Waals surface area contributed by atoms with E-state index in [1.165, 1.54) is 11.3 Å². The van der Waals surface area contributed by atoms with E-state index in [2.05, 4.69) is 4.98 Å². The summed E-state index contributed by atoms with van der Waals surface area (Å²) in [5.41, 5.74) is 2.92. The largest absolute Gasteiger partial charge is 0.312 e. The van der Waals surface area contributed by atoms with Gasteiger partial charge < -0.3 is 9.88 Å². The standard InChI is InChI=1S/C13H15ClN2OS/c1-8-6-9(4-5-10(8)14)12-11(7-16(2)3)18-13(17)15-12/h4-6H,7H2,1-3H3,(H,15,17). The van der Waals surface area contributed by atoms with Crippen LogP contribution in [0.2, 0.25) is 5.02 Å². The molecule has 0 spiro atoms. The Hall–Kier alpha value is -1.10. The van der Waals surface area contributed by atoms with Crippen molar-refractivity contribution in [1.82, 2.24) is 9.88 Å². The molecule has 0 aliphatic carbocycles. The van der Waals surface area contributed by atoms with Crippen LogP contribution in [0.4, 0.5) is 0 Å². The third-order valence-corrected chi connectivity index (χ3v) is 3.92. The highest BCUT2D eigenvalue weighted by Gasteiger charge is 2.11. The van der Waals surface area contributed by atoms with Gasteiger partial charge in [-0.2, -0.15) is 0 Å². The van der Waals surface area contributed by atoms with Crippen molar-refractivity contribution < 1.29 is 0 Å². The summed E-state index contributed by atoms with van der Waals surface area (Å²) in [5, 5.41) is 0.741. The third kappa shape index (κ3) is 2.83. The van der Waals surface area contributed by atoms with E-state index in [1.807, 2.05) is 44.1 Å². The van der Waals surface area contributed by atoms with E-state index >= 15 is 0 Å². The molecule has 1 N–H and O–H groups in total. The van der Waals surface area contributed by atoms with E-state index in [0.29, 0.717) is 0 Å². The van der Waals surface area contributed by atoms with Crippen LogP contribution >= 0.6 is 22.9 Å². The van der Waals surface area contributed by atoms with Gasteiger partial charge in [0.25, 0.3) is 0 Å². The molecule has 0 bridgehead atoms. The number of nitrogens with one attached hydrogen (secondary N) is 1. The monoisotopic (exact) mass is 282 g/mol. The van der Waals surface area contributed by atoms with Crippen LogP contribution in [0.3, 0.4) is 0 Å². The first-order chi connectivity index (χ1) is 8.47. The number of aromatic nitrogens is 1. The summed E-state index contributed by atoms with van der Waals surface area (Å²) in [6, 6.07) is 5.80. The lowest BCUT2D eigenvalue weighted by Crippen LogP contribution is -2.10. The molecule has 3 nitrogen and oxygen atoms in total. The van der Waals surface area contributed by atoms with Crippen LogP contribution in [0, 0.1) is 6.92 Å². The summed E-state index contributed by atoms with van der Waals surface area (Å²) in [6.45, 7) is 2.71. The lowest BCUT2D eigenvalue weighted by molar-refractivity contribution is 0.406. The predicted molar refractivity (Wildman–Crippen MR) is 77.5 cm³/mol. The van der Waals surface area contributed by atoms with Gasteiger partial charge in [-0.25, -0.2) is 0 Å². The van der Waals surface area contributed by atoms with Gasteiger partial charge in [0.15, 0.2) is 0 Å². The minimum absolute atomic E-state index is 0.0190. The fraction of sp³-hybridized carbons (Fsp3) is 0.308. The Morgan fingerprint density at radius 1 is 1.39 bits per heavy atom. The van der Waals surface area contributed by atoms with E-state index in [-0.39, 0.29) is 4.87 Å². The molecule has 0 aliphatic heterocycles. The maximum Gasteiger partial charge on any atom is 0.305 e. The Kier molecular flexibility index (Phi) is 3.90. The van der Waals surface area contributed by atoms with Crippen LogP contribution in [0.25, 0.3) is 11.3 Å². The molecule has 0 radical (unpaired) electrons. The summed E-state index contributed by atoms with van der Waals surface area (Å²) in [4.78, 5) is 17.5. The molecule has 0 atom stereocenters. The van der Waals surface area contributed by atoms with Gasteiger partial charge in [-0.1, -0.05) is 29.0 Å². The summed E-state index contributed by atoms with van der Waals surface area (Å²) in [6.07, 6.45) is 0. The first-order valence-corrected chi connectivity index (χ1v) is 6.80. The zero-order valence-corrected chi connectivity index (χ0v) is 12.2. The molecular weight excluding hydrogens is 268 g/mol. The number of H-pyrrole nitrogens is 1. The summed E-state index contributed by atoms with van der Waals surface area (Å²) in [5.74, 6) is 0. The molecule has 0 unspecified atom stereocenters. The highest BCUT2D eigenvalue weighted by atomic mass is 35.5. The third-order valence-electron chi connectivity index (χ3n) is 2.63. The number of nitrogens with zero attached hydrogens (tertiary/aromatic N) is 1. The average molecular weight is 283 g/mol. The number of rotatable bonds is 3. The molecule has 2 aromatic rings. The normalized spacial score (nSPS) is 11.2. The summed E-state index contributed by atoms with van der Waals surface area (Å²) >= 11 is 7.28. The second-order valence-electron chi connectivity index (χ2n) is 4.51. The number of thiazole rings is 1. The van der Waals surface area contributed by atoms with Gasteiger partial charge >= 0.3 is 4.87 Å². The zero-order chi connectivity index (χ0) is 13.3. The van der Waals surface area contributed by atoms with Crippen LogP contribution in [-0.4, -0.2) is 24.0 Å². The Balaban J connectivity index is 2.49. The molecule has 0 saturated carbocycles. The molecule has 0 amide bonds. The SMILES string of the molecule is Cc1cc(-c2[nH]c(=O)sc2CN(C)C)ccc1Cl. The van der Waals surface area contributed by atoms with Crippen molar-refractivity contribution in [1.29, 1.82) is 0 Å². The van der Waals surface area contributed by atoms with Crippen molar-refractivity contribution in [3.8, 4) is 11.3 Å². The van der Waals surface area contributed by atoms with Crippen LogP contribution < -0.4 is 4.87 Å². The molecule has 1 aromatic heterocycles. The number of halogens is 1. The van der Waals surface area contributed by atoms with Crippen molar-refractivity contribution in [2.45, 2.75) is 13.5 Å². The predicted octanol–water partition coefficient (Wildman–Crippen LogP) is 3.13. The molecule has 18 heavy (non-hydrogen) atoms. The topological polar surface area (TPSA) is 36.1 Å². The van der Waals surface area contributed by atoms with Crippen molar-refractivity contribution in [3.63, 3.8) is 0 Å². The molecule has 0 fully saturated rings. The molecular formula is C13H15ClN2OS. The van der Waals surface area contributed by atoms with Gasteiger partial charge in [0, 0.05) is 16.4 Å². The smallest absolute Gasteiger partial charge is 0.305 e. The van der Waals surface area contributed by atoms with E-state index in [4.69, 9.17) is 11.6 Å². The van der Waals surface area contributed by atoms with Gasteiger partial charge in [-0.15, -0.1) is 0 Å². The molecule has 1 heterocycles. The Labute approximate surface area is 115 Å². The van der Waals surface area contributed by atoms with Gasteiger partial charge in [0.2, 0.25) is 0 Å². The van der Waals surface area contributed by atoms with Gasteiger partial charge in [-0.3, -0.25) is 4.79 Å². The van der Waals surface area contributed by atoms with Gasteiger partial charge in [-0.05, 0) is 44.3 Å². The highest BCUT2D eigenvalue weighted by Crippen LogP contribution is 2.27. The van der Waals surface area contributed by atoms with Crippen molar-refractivity contribution in [2.75, 3.05) is 14.1 Å². The number of aryl methyl sites for hydroxylation is 1.